The Bertz CT molecular complexity index is 623. The lowest BCUT2D eigenvalue weighted by Crippen LogP contribution is -2.45. The SMILES string of the molecule is C[C@@]12C=C[C@@H](C1)[C@@H](C(N)=O)[C@H]2Nc1nc(CI)ncc1F. The molecule has 0 aliphatic heterocycles. The van der Waals surface area contributed by atoms with Crippen molar-refractivity contribution in [2.75, 3.05) is 5.32 Å². The normalized spacial score (nSPS) is 33.4. The van der Waals surface area contributed by atoms with Crippen molar-refractivity contribution in [1.29, 1.82) is 0 Å². The standard InChI is InChI=1S/C14H16FIN4O/c1-14-3-2-7(4-14)10(12(17)21)11(14)20-13-8(15)6-18-9(5-16)19-13/h2-3,6-7,10-11H,4-5H2,1H3,(H2,17,21)(H,18,19,20)/t7-,10+,11+,14+/m0/s1. The predicted molar refractivity (Wildman–Crippen MR) is 85.2 cm³/mol. The summed E-state index contributed by atoms with van der Waals surface area (Å²) in [7, 11) is 0. The maximum Gasteiger partial charge on any atom is 0.223 e. The fourth-order valence-corrected chi connectivity index (χ4v) is 3.84. The number of carbonyl (C=O) groups is 1. The third-order valence-corrected chi connectivity index (χ3v) is 5.15. The summed E-state index contributed by atoms with van der Waals surface area (Å²) in [6, 6.07) is -0.239. The number of alkyl halides is 1. The highest BCUT2D eigenvalue weighted by Crippen LogP contribution is 2.53. The highest BCUT2D eigenvalue weighted by molar-refractivity contribution is 14.1. The van der Waals surface area contributed by atoms with Crippen molar-refractivity contribution in [3.63, 3.8) is 0 Å². The summed E-state index contributed by atoms with van der Waals surface area (Å²) in [6.45, 7) is 2.06. The first-order valence-corrected chi connectivity index (χ1v) is 8.30. The number of halogens is 2. The van der Waals surface area contributed by atoms with E-state index < -0.39 is 5.82 Å². The molecule has 0 saturated heterocycles. The lowest BCUT2D eigenvalue weighted by molar-refractivity contribution is -0.122. The Kier molecular flexibility index (Phi) is 3.62. The number of carbonyl (C=O) groups excluding carboxylic acids is 1. The third-order valence-electron chi connectivity index (χ3n) is 4.46. The Morgan fingerprint density at radius 2 is 2.43 bits per heavy atom. The summed E-state index contributed by atoms with van der Waals surface area (Å²) in [6.07, 6.45) is 6.14. The number of nitrogens with two attached hydrogens (primary N) is 1. The zero-order chi connectivity index (χ0) is 15.2. The summed E-state index contributed by atoms with van der Waals surface area (Å²) in [5, 5.41) is 3.11. The van der Waals surface area contributed by atoms with Crippen LogP contribution in [-0.2, 0) is 9.22 Å². The molecular weight excluding hydrogens is 386 g/mol. The Morgan fingerprint density at radius 1 is 1.67 bits per heavy atom. The van der Waals surface area contributed by atoms with Gasteiger partial charge in [0.05, 0.1) is 16.5 Å². The average molecular weight is 402 g/mol. The van der Waals surface area contributed by atoms with Crippen LogP contribution in [0.4, 0.5) is 10.2 Å². The molecule has 4 atom stereocenters. The number of allylic oxidation sites excluding steroid dienone is 1. The molecule has 112 valence electrons. The van der Waals surface area contributed by atoms with Gasteiger partial charge in [-0.15, -0.1) is 0 Å². The van der Waals surface area contributed by atoms with Gasteiger partial charge in [0.1, 0.15) is 5.82 Å². The largest absolute Gasteiger partial charge is 0.369 e. The maximum absolute atomic E-state index is 13.9. The molecule has 1 heterocycles. The van der Waals surface area contributed by atoms with E-state index in [-0.39, 0.29) is 35.0 Å². The highest BCUT2D eigenvalue weighted by atomic mass is 127. The van der Waals surface area contributed by atoms with Crippen LogP contribution < -0.4 is 11.1 Å². The Balaban J connectivity index is 1.93. The smallest absolute Gasteiger partial charge is 0.223 e. The number of fused-ring (bicyclic) bond motifs is 2. The molecule has 1 aromatic heterocycles. The fourth-order valence-electron chi connectivity index (χ4n) is 3.47. The number of aromatic nitrogens is 2. The quantitative estimate of drug-likeness (QED) is 0.459. The predicted octanol–water partition coefficient (Wildman–Crippen LogP) is 2.03. The van der Waals surface area contributed by atoms with Crippen molar-refractivity contribution in [2.45, 2.75) is 23.8 Å². The molecule has 0 spiro atoms. The van der Waals surface area contributed by atoms with Crippen LogP contribution >= 0.6 is 22.6 Å². The number of primary amides is 1. The fraction of sp³-hybridized carbons (Fsp3) is 0.500. The first-order valence-electron chi connectivity index (χ1n) is 6.77. The van der Waals surface area contributed by atoms with Crippen LogP contribution in [0.15, 0.2) is 18.3 Å². The monoisotopic (exact) mass is 402 g/mol. The van der Waals surface area contributed by atoms with Gasteiger partial charge in [-0.1, -0.05) is 41.7 Å². The number of nitrogens with one attached hydrogen (secondary N) is 1. The van der Waals surface area contributed by atoms with Crippen LogP contribution in [0.2, 0.25) is 0 Å². The number of hydrogen-bond acceptors (Lipinski definition) is 4. The zero-order valence-corrected chi connectivity index (χ0v) is 13.7. The van der Waals surface area contributed by atoms with Crippen LogP contribution in [0.25, 0.3) is 0 Å². The molecule has 3 N–H and O–H groups in total. The summed E-state index contributed by atoms with van der Waals surface area (Å²) < 4.78 is 14.5. The molecule has 2 bridgehead atoms. The summed E-state index contributed by atoms with van der Waals surface area (Å²) >= 11 is 2.12. The maximum atomic E-state index is 13.9. The highest BCUT2D eigenvalue weighted by Gasteiger charge is 2.54. The van der Waals surface area contributed by atoms with Crippen LogP contribution in [0, 0.1) is 23.1 Å². The molecular formula is C14H16FIN4O. The van der Waals surface area contributed by atoms with E-state index in [0.29, 0.717) is 10.3 Å². The molecule has 1 saturated carbocycles. The Hall–Kier alpha value is -1.25. The molecule has 7 heteroatoms. The van der Waals surface area contributed by atoms with E-state index >= 15 is 0 Å². The average Bonchev–Trinajstić information content (AvgIpc) is 2.95. The van der Waals surface area contributed by atoms with Gasteiger partial charge in [0.15, 0.2) is 11.6 Å². The van der Waals surface area contributed by atoms with E-state index in [9.17, 15) is 9.18 Å². The minimum Gasteiger partial charge on any atom is -0.369 e. The minimum atomic E-state index is -0.512. The van der Waals surface area contributed by atoms with Crippen molar-refractivity contribution >= 4 is 34.3 Å². The molecule has 21 heavy (non-hydrogen) atoms. The zero-order valence-electron chi connectivity index (χ0n) is 11.5. The van der Waals surface area contributed by atoms with Gasteiger partial charge in [-0.3, -0.25) is 4.79 Å². The van der Waals surface area contributed by atoms with Gasteiger partial charge >= 0.3 is 0 Å². The molecule has 3 rings (SSSR count). The molecule has 1 fully saturated rings. The van der Waals surface area contributed by atoms with Gasteiger partial charge in [0, 0.05) is 11.5 Å². The van der Waals surface area contributed by atoms with Gasteiger partial charge in [0.25, 0.3) is 0 Å². The first-order chi connectivity index (χ1) is 9.94. The van der Waals surface area contributed by atoms with Crippen molar-refractivity contribution in [2.24, 2.45) is 23.0 Å². The molecule has 5 nitrogen and oxygen atoms in total. The lowest BCUT2D eigenvalue weighted by Gasteiger charge is -2.33. The molecule has 0 aromatic carbocycles. The second-order valence-electron chi connectivity index (χ2n) is 5.90. The lowest BCUT2D eigenvalue weighted by atomic mass is 9.80. The summed E-state index contributed by atoms with van der Waals surface area (Å²) in [5.41, 5.74) is 5.34. The molecule has 1 aromatic rings. The second kappa shape index (κ2) is 5.19. The van der Waals surface area contributed by atoms with E-state index in [2.05, 4.69) is 50.9 Å². The van der Waals surface area contributed by atoms with Crippen LogP contribution in [0.5, 0.6) is 0 Å². The third kappa shape index (κ3) is 2.41. The van der Waals surface area contributed by atoms with E-state index in [1.54, 1.807) is 0 Å². The summed E-state index contributed by atoms with van der Waals surface area (Å²) in [4.78, 5) is 19.9. The van der Waals surface area contributed by atoms with Crippen molar-refractivity contribution in [3.05, 3.63) is 30.0 Å². The van der Waals surface area contributed by atoms with Crippen molar-refractivity contribution in [3.8, 4) is 0 Å². The van der Waals surface area contributed by atoms with E-state index in [0.717, 1.165) is 12.6 Å². The molecule has 2 aliphatic rings. The molecule has 0 radical (unpaired) electrons. The van der Waals surface area contributed by atoms with E-state index in [1.165, 1.54) is 0 Å². The molecule has 0 unspecified atom stereocenters. The number of hydrogen-bond donors (Lipinski definition) is 2. The Labute approximate surface area is 135 Å². The number of rotatable bonds is 4. The molecule has 2 aliphatic carbocycles. The van der Waals surface area contributed by atoms with Crippen LogP contribution in [0.1, 0.15) is 19.2 Å². The Morgan fingerprint density at radius 3 is 3.10 bits per heavy atom. The van der Waals surface area contributed by atoms with Gasteiger partial charge in [-0.05, 0) is 12.3 Å². The van der Waals surface area contributed by atoms with Crippen LogP contribution in [0.3, 0.4) is 0 Å². The minimum absolute atomic E-state index is 0.124. The number of amides is 1. The van der Waals surface area contributed by atoms with Gasteiger partial charge in [0.2, 0.25) is 5.91 Å². The van der Waals surface area contributed by atoms with Crippen molar-refractivity contribution in [1.82, 2.24) is 9.97 Å². The van der Waals surface area contributed by atoms with Gasteiger partial charge < -0.3 is 11.1 Å². The first kappa shape index (κ1) is 14.7. The summed E-state index contributed by atoms with van der Waals surface area (Å²) in [5.74, 6) is -0.373. The van der Waals surface area contributed by atoms with Gasteiger partial charge in [-0.2, -0.15) is 0 Å². The number of nitrogens with zero attached hydrogens (tertiary/aromatic N) is 2. The van der Waals surface area contributed by atoms with E-state index in [4.69, 9.17) is 5.73 Å². The van der Waals surface area contributed by atoms with Crippen molar-refractivity contribution < 1.29 is 9.18 Å². The number of anilines is 1. The molecule has 1 amide bonds. The second-order valence-corrected chi connectivity index (χ2v) is 6.66. The van der Waals surface area contributed by atoms with Gasteiger partial charge in [-0.25, -0.2) is 14.4 Å². The van der Waals surface area contributed by atoms with E-state index in [1.807, 2.05) is 6.08 Å². The topological polar surface area (TPSA) is 80.9 Å². The van der Waals surface area contributed by atoms with Crippen LogP contribution in [-0.4, -0.2) is 21.9 Å².